The average molecular weight is 291 g/mol. The Morgan fingerprint density at radius 1 is 1.33 bits per heavy atom. The number of aliphatic hydroxyl groups excluding tert-OH is 1. The number of rotatable bonds is 7. The number of nitrogens with one attached hydrogen (secondary N) is 1. The molecule has 116 valence electrons. The molecule has 0 spiro atoms. The van der Waals surface area contributed by atoms with Crippen LogP contribution in [0.1, 0.15) is 32.6 Å². The van der Waals surface area contributed by atoms with Crippen LogP contribution in [0.3, 0.4) is 0 Å². The van der Waals surface area contributed by atoms with Crippen molar-refractivity contribution in [2.75, 3.05) is 13.2 Å². The Morgan fingerprint density at radius 3 is 2.67 bits per heavy atom. The lowest BCUT2D eigenvalue weighted by molar-refractivity contribution is -0.126. The minimum Gasteiger partial charge on any atom is -0.493 e. The van der Waals surface area contributed by atoms with Crippen LogP contribution in [-0.4, -0.2) is 30.3 Å². The number of amides is 1. The van der Waals surface area contributed by atoms with Crippen LogP contribution in [0.5, 0.6) is 5.75 Å². The van der Waals surface area contributed by atoms with E-state index in [2.05, 4.69) is 5.32 Å². The molecule has 4 nitrogen and oxygen atoms in total. The van der Waals surface area contributed by atoms with Gasteiger partial charge in [0.15, 0.2) is 0 Å². The molecule has 0 radical (unpaired) electrons. The normalized spacial score (nSPS) is 18.2. The SMILES string of the molecule is CC(COc1ccccc1)C(=O)NCC(O)C1CCCC1. The number of para-hydroxylation sites is 1. The number of benzene rings is 1. The van der Waals surface area contributed by atoms with Crippen LogP contribution in [-0.2, 0) is 4.79 Å². The van der Waals surface area contributed by atoms with Gasteiger partial charge in [0, 0.05) is 6.54 Å². The fraction of sp³-hybridized carbons (Fsp3) is 0.588. The summed E-state index contributed by atoms with van der Waals surface area (Å²) in [7, 11) is 0. The topological polar surface area (TPSA) is 58.6 Å². The van der Waals surface area contributed by atoms with Gasteiger partial charge in [0.25, 0.3) is 0 Å². The highest BCUT2D eigenvalue weighted by Crippen LogP contribution is 2.27. The summed E-state index contributed by atoms with van der Waals surface area (Å²) < 4.78 is 5.57. The molecule has 1 saturated carbocycles. The molecule has 1 aliphatic carbocycles. The Hall–Kier alpha value is -1.55. The molecule has 1 aliphatic rings. The number of aliphatic hydroxyl groups is 1. The van der Waals surface area contributed by atoms with Gasteiger partial charge in [0.1, 0.15) is 5.75 Å². The molecule has 1 amide bonds. The van der Waals surface area contributed by atoms with Crippen LogP contribution in [0.25, 0.3) is 0 Å². The molecule has 0 saturated heterocycles. The van der Waals surface area contributed by atoms with Crippen molar-refractivity contribution in [1.29, 1.82) is 0 Å². The molecule has 1 fully saturated rings. The number of ether oxygens (including phenoxy) is 1. The summed E-state index contributed by atoms with van der Waals surface area (Å²) in [4.78, 5) is 12.0. The average Bonchev–Trinajstić information content (AvgIpc) is 3.05. The van der Waals surface area contributed by atoms with Crippen molar-refractivity contribution in [2.24, 2.45) is 11.8 Å². The maximum atomic E-state index is 12.0. The van der Waals surface area contributed by atoms with E-state index in [1.165, 1.54) is 12.8 Å². The maximum Gasteiger partial charge on any atom is 0.226 e. The van der Waals surface area contributed by atoms with Gasteiger partial charge in [-0.2, -0.15) is 0 Å². The lowest BCUT2D eigenvalue weighted by Crippen LogP contribution is -2.39. The Labute approximate surface area is 126 Å². The molecule has 0 heterocycles. The van der Waals surface area contributed by atoms with Gasteiger partial charge in [-0.25, -0.2) is 0 Å². The first kappa shape index (κ1) is 15.8. The highest BCUT2D eigenvalue weighted by molar-refractivity contribution is 5.78. The van der Waals surface area contributed by atoms with E-state index in [1.807, 2.05) is 37.3 Å². The molecule has 0 aliphatic heterocycles. The number of carbonyl (C=O) groups is 1. The largest absolute Gasteiger partial charge is 0.493 e. The maximum absolute atomic E-state index is 12.0. The summed E-state index contributed by atoms with van der Waals surface area (Å²) >= 11 is 0. The molecular formula is C17H25NO3. The molecule has 1 aromatic rings. The second kappa shape index (κ2) is 8.03. The van der Waals surface area contributed by atoms with Crippen LogP contribution in [0, 0.1) is 11.8 Å². The van der Waals surface area contributed by atoms with E-state index in [0.717, 1.165) is 18.6 Å². The van der Waals surface area contributed by atoms with Gasteiger partial charge in [0.2, 0.25) is 5.91 Å². The molecule has 2 unspecified atom stereocenters. The molecule has 21 heavy (non-hydrogen) atoms. The van der Waals surface area contributed by atoms with Crippen molar-refractivity contribution >= 4 is 5.91 Å². The van der Waals surface area contributed by atoms with Crippen molar-refractivity contribution < 1.29 is 14.6 Å². The predicted molar refractivity (Wildman–Crippen MR) is 82.1 cm³/mol. The van der Waals surface area contributed by atoms with Gasteiger partial charge < -0.3 is 15.2 Å². The lowest BCUT2D eigenvalue weighted by atomic mass is 10.0. The monoisotopic (exact) mass is 291 g/mol. The van der Waals surface area contributed by atoms with E-state index in [1.54, 1.807) is 0 Å². The third-order valence-electron chi connectivity index (χ3n) is 4.12. The Morgan fingerprint density at radius 2 is 2.00 bits per heavy atom. The fourth-order valence-corrected chi connectivity index (χ4v) is 2.70. The summed E-state index contributed by atoms with van der Waals surface area (Å²) in [6.45, 7) is 2.52. The highest BCUT2D eigenvalue weighted by atomic mass is 16.5. The molecule has 4 heteroatoms. The predicted octanol–water partition coefficient (Wildman–Crippen LogP) is 2.37. The van der Waals surface area contributed by atoms with Crippen LogP contribution in [0.15, 0.2) is 30.3 Å². The standard InChI is InChI=1S/C17H25NO3/c1-13(12-21-15-9-3-2-4-10-15)17(20)18-11-16(19)14-7-5-6-8-14/h2-4,9-10,13-14,16,19H,5-8,11-12H2,1H3,(H,18,20). The van der Waals surface area contributed by atoms with Crippen LogP contribution in [0.2, 0.25) is 0 Å². The van der Waals surface area contributed by atoms with Gasteiger partial charge in [-0.05, 0) is 30.9 Å². The first-order valence-electron chi connectivity index (χ1n) is 7.80. The molecule has 0 aromatic heterocycles. The van der Waals surface area contributed by atoms with Gasteiger partial charge in [-0.3, -0.25) is 4.79 Å². The lowest BCUT2D eigenvalue weighted by Gasteiger charge is -2.19. The smallest absolute Gasteiger partial charge is 0.226 e. The Bertz CT molecular complexity index is 429. The first-order valence-corrected chi connectivity index (χ1v) is 7.80. The fourth-order valence-electron chi connectivity index (χ4n) is 2.70. The molecular weight excluding hydrogens is 266 g/mol. The second-order valence-electron chi connectivity index (χ2n) is 5.88. The molecule has 2 atom stereocenters. The zero-order valence-electron chi connectivity index (χ0n) is 12.6. The quantitative estimate of drug-likeness (QED) is 0.811. The zero-order chi connectivity index (χ0) is 15.1. The van der Waals surface area contributed by atoms with Crippen LogP contribution < -0.4 is 10.1 Å². The molecule has 1 aromatic carbocycles. The highest BCUT2D eigenvalue weighted by Gasteiger charge is 2.24. The first-order chi connectivity index (χ1) is 10.2. The summed E-state index contributed by atoms with van der Waals surface area (Å²) in [6, 6.07) is 9.46. The minimum atomic E-state index is -0.418. The molecule has 0 bridgehead atoms. The van der Waals surface area contributed by atoms with Gasteiger partial charge in [-0.15, -0.1) is 0 Å². The van der Waals surface area contributed by atoms with Crippen LogP contribution >= 0.6 is 0 Å². The summed E-state index contributed by atoms with van der Waals surface area (Å²) in [6.07, 6.45) is 4.11. The van der Waals surface area contributed by atoms with E-state index in [9.17, 15) is 9.90 Å². The summed E-state index contributed by atoms with van der Waals surface area (Å²) in [5.74, 6) is 0.813. The van der Waals surface area contributed by atoms with Crippen molar-refractivity contribution in [3.8, 4) is 5.75 Å². The van der Waals surface area contributed by atoms with Gasteiger partial charge in [0.05, 0.1) is 18.6 Å². The summed E-state index contributed by atoms with van der Waals surface area (Å²) in [5.41, 5.74) is 0. The number of hydrogen-bond acceptors (Lipinski definition) is 3. The van der Waals surface area contributed by atoms with Crippen molar-refractivity contribution in [3.05, 3.63) is 30.3 Å². The van der Waals surface area contributed by atoms with E-state index < -0.39 is 6.10 Å². The van der Waals surface area contributed by atoms with Crippen LogP contribution in [0.4, 0.5) is 0 Å². The number of carbonyl (C=O) groups excluding carboxylic acids is 1. The van der Waals surface area contributed by atoms with E-state index >= 15 is 0 Å². The van der Waals surface area contributed by atoms with E-state index in [0.29, 0.717) is 19.1 Å². The number of hydrogen-bond donors (Lipinski definition) is 2. The third kappa shape index (κ3) is 5.05. The van der Waals surface area contributed by atoms with E-state index in [-0.39, 0.29) is 11.8 Å². The third-order valence-corrected chi connectivity index (χ3v) is 4.12. The van der Waals surface area contributed by atoms with Crippen molar-refractivity contribution in [2.45, 2.75) is 38.7 Å². The minimum absolute atomic E-state index is 0.0667. The Kier molecular flexibility index (Phi) is 6.05. The zero-order valence-corrected chi connectivity index (χ0v) is 12.6. The van der Waals surface area contributed by atoms with E-state index in [4.69, 9.17) is 4.74 Å². The van der Waals surface area contributed by atoms with Gasteiger partial charge in [-0.1, -0.05) is 38.0 Å². The molecule has 2 rings (SSSR count). The van der Waals surface area contributed by atoms with Crippen molar-refractivity contribution in [3.63, 3.8) is 0 Å². The van der Waals surface area contributed by atoms with Gasteiger partial charge >= 0.3 is 0 Å². The van der Waals surface area contributed by atoms with Crippen molar-refractivity contribution in [1.82, 2.24) is 5.32 Å². The Balaban J connectivity index is 1.67. The second-order valence-corrected chi connectivity index (χ2v) is 5.88. The molecule has 2 N–H and O–H groups in total. The summed E-state index contributed by atoms with van der Waals surface area (Å²) in [5, 5.41) is 12.9.